The Morgan fingerprint density at radius 2 is 2.05 bits per heavy atom. The first kappa shape index (κ1) is 14.8. The second kappa shape index (κ2) is 6.21. The first-order chi connectivity index (χ1) is 10.0. The molecule has 1 N–H and O–H groups in total. The maximum Gasteiger partial charge on any atom is 0.274 e. The van der Waals surface area contributed by atoms with Gasteiger partial charge >= 0.3 is 0 Å². The summed E-state index contributed by atoms with van der Waals surface area (Å²) in [4.78, 5) is 10.4. The van der Waals surface area contributed by atoms with Gasteiger partial charge in [0.2, 0.25) is 0 Å². The minimum atomic E-state index is -0.517. The molecule has 2 aromatic carbocycles. The number of halogens is 1. The van der Waals surface area contributed by atoms with Crippen molar-refractivity contribution in [2.45, 2.75) is 13.5 Å². The number of hydrogen-bond acceptors (Lipinski definition) is 4. The molecule has 0 heterocycles. The number of rotatable bonds is 5. The van der Waals surface area contributed by atoms with Crippen LogP contribution < -0.4 is 10.1 Å². The Morgan fingerprint density at radius 1 is 1.29 bits per heavy atom. The molecule has 110 valence electrons. The summed E-state index contributed by atoms with van der Waals surface area (Å²) in [6.45, 7) is 2.06. The van der Waals surface area contributed by atoms with Gasteiger partial charge in [-0.25, -0.2) is 4.39 Å². The number of nitrogens with zero attached hydrogens (tertiary/aromatic N) is 1. The molecule has 0 spiro atoms. The van der Waals surface area contributed by atoms with Gasteiger partial charge in [0.05, 0.1) is 17.6 Å². The lowest BCUT2D eigenvalue weighted by molar-refractivity contribution is -0.385. The van der Waals surface area contributed by atoms with Gasteiger partial charge in [-0.1, -0.05) is 0 Å². The topological polar surface area (TPSA) is 64.4 Å². The standard InChI is InChI=1S/C15H15FN2O3/c1-10-7-13(21-2)4-5-14(10)17-9-11-8-12(16)3-6-15(11)18(19)20/h3-8,17H,9H2,1-2H3. The first-order valence-corrected chi connectivity index (χ1v) is 6.32. The van der Waals surface area contributed by atoms with Crippen LogP contribution in [0, 0.1) is 22.9 Å². The van der Waals surface area contributed by atoms with Crippen LogP contribution in [0.5, 0.6) is 5.75 Å². The number of methoxy groups -OCH3 is 1. The van der Waals surface area contributed by atoms with E-state index in [1.54, 1.807) is 13.2 Å². The van der Waals surface area contributed by atoms with E-state index in [4.69, 9.17) is 4.74 Å². The first-order valence-electron chi connectivity index (χ1n) is 6.32. The Hall–Kier alpha value is -2.63. The van der Waals surface area contributed by atoms with Gasteiger partial charge in [-0.05, 0) is 42.8 Å². The number of aryl methyl sites for hydroxylation is 1. The molecular weight excluding hydrogens is 275 g/mol. The monoisotopic (exact) mass is 290 g/mol. The van der Waals surface area contributed by atoms with Crippen molar-refractivity contribution in [3.63, 3.8) is 0 Å². The number of nitrogens with one attached hydrogen (secondary N) is 1. The maximum atomic E-state index is 13.2. The second-order valence-electron chi connectivity index (χ2n) is 4.56. The molecule has 0 atom stereocenters. The van der Waals surface area contributed by atoms with Crippen LogP contribution in [0.3, 0.4) is 0 Å². The number of hydrogen-bond donors (Lipinski definition) is 1. The van der Waals surface area contributed by atoms with E-state index in [-0.39, 0.29) is 12.2 Å². The Morgan fingerprint density at radius 3 is 2.67 bits per heavy atom. The lowest BCUT2D eigenvalue weighted by Gasteiger charge is -2.11. The third kappa shape index (κ3) is 3.47. The molecule has 0 aliphatic heterocycles. The zero-order valence-electron chi connectivity index (χ0n) is 11.7. The van der Waals surface area contributed by atoms with Crippen molar-refractivity contribution in [3.05, 3.63) is 63.5 Å². The third-order valence-electron chi connectivity index (χ3n) is 3.14. The van der Waals surface area contributed by atoms with Crippen LogP contribution in [-0.2, 0) is 6.54 Å². The Bertz CT molecular complexity index is 674. The molecule has 0 saturated heterocycles. The highest BCUT2D eigenvalue weighted by atomic mass is 19.1. The molecule has 0 radical (unpaired) electrons. The molecular formula is C15H15FN2O3. The van der Waals surface area contributed by atoms with E-state index in [1.165, 1.54) is 12.1 Å². The van der Waals surface area contributed by atoms with Crippen molar-refractivity contribution in [3.8, 4) is 5.75 Å². The summed E-state index contributed by atoms with van der Waals surface area (Å²) in [6.07, 6.45) is 0. The van der Waals surface area contributed by atoms with Gasteiger partial charge in [0.25, 0.3) is 5.69 Å². The minimum Gasteiger partial charge on any atom is -0.497 e. The van der Waals surface area contributed by atoms with E-state index in [2.05, 4.69) is 5.32 Å². The molecule has 21 heavy (non-hydrogen) atoms. The maximum absolute atomic E-state index is 13.2. The average Bonchev–Trinajstić information content (AvgIpc) is 2.45. The van der Waals surface area contributed by atoms with Gasteiger partial charge in [-0.15, -0.1) is 0 Å². The Labute approximate surface area is 121 Å². The van der Waals surface area contributed by atoms with E-state index < -0.39 is 10.7 Å². The van der Waals surface area contributed by atoms with Crippen molar-refractivity contribution in [2.75, 3.05) is 12.4 Å². The Kier molecular flexibility index (Phi) is 4.37. The fraction of sp³-hybridized carbons (Fsp3) is 0.200. The van der Waals surface area contributed by atoms with E-state index >= 15 is 0 Å². The van der Waals surface area contributed by atoms with Gasteiger partial charge in [-0.3, -0.25) is 10.1 Å². The number of benzene rings is 2. The van der Waals surface area contributed by atoms with Crippen LogP contribution in [0.4, 0.5) is 15.8 Å². The van der Waals surface area contributed by atoms with Crippen LogP contribution in [0.25, 0.3) is 0 Å². The van der Waals surface area contributed by atoms with E-state index in [9.17, 15) is 14.5 Å². The SMILES string of the molecule is COc1ccc(NCc2cc(F)ccc2[N+](=O)[O-])c(C)c1. The molecule has 2 rings (SSSR count). The summed E-state index contributed by atoms with van der Waals surface area (Å²) in [5.74, 6) is 0.235. The van der Waals surface area contributed by atoms with Gasteiger partial charge in [-0.2, -0.15) is 0 Å². The quantitative estimate of drug-likeness (QED) is 0.674. The molecule has 2 aromatic rings. The summed E-state index contributed by atoms with van der Waals surface area (Å²) in [7, 11) is 1.58. The van der Waals surface area contributed by atoms with Crippen molar-refractivity contribution in [1.29, 1.82) is 0 Å². The van der Waals surface area contributed by atoms with Crippen molar-refractivity contribution in [1.82, 2.24) is 0 Å². The summed E-state index contributed by atoms with van der Waals surface area (Å²) >= 11 is 0. The molecule has 6 heteroatoms. The number of anilines is 1. The highest BCUT2D eigenvalue weighted by Gasteiger charge is 2.14. The predicted molar refractivity (Wildman–Crippen MR) is 78.1 cm³/mol. The minimum absolute atomic E-state index is 0.102. The molecule has 5 nitrogen and oxygen atoms in total. The van der Waals surface area contributed by atoms with Crippen LogP contribution in [0.1, 0.15) is 11.1 Å². The molecule has 0 aromatic heterocycles. The van der Waals surface area contributed by atoms with Crippen LogP contribution in [-0.4, -0.2) is 12.0 Å². The average molecular weight is 290 g/mol. The van der Waals surface area contributed by atoms with Crippen LogP contribution in [0.15, 0.2) is 36.4 Å². The molecule has 0 unspecified atom stereocenters. The van der Waals surface area contributed by atoms with Gasteiger partial charge in [0.15, 0.2) is 0 Å². The van der Waals surface area contributed by atoms with Gasteiger partial charge < -0.3 is 10.1 Å². The van der Waals surface area contributed by atoms with Crippen molar-refractivity contribution < 1.29 is 14.1 Å². The number of ether oxygens (including phenoxy) is 1. The number of nitro benzene ring substituents is 1. The summed E-state index contributed by atoms with van der Waals surface area (Å²) in [5.41, 5.74) is 1.95. The van der Waals surface area contributed by atoms with E-state index in [1.807, 2.05) is 19.1 Å². The summed E-state index contributed by atoms with van der Waals surface area (Å²) < 4.78 is 18.4. The van der Waals surface area contributed by atoms with Gasteiger partial charge in [0, 0.05) is 18.3 Å². The molecule has 0 fully saturated rings. The van der Waals surface area contributed by atoms with Crippen molar-refractivity contribution in [2.24, 2.45) is 0 Å². The zero-order chi connectivity index (χ0) is 15.4. The highest BCUT2D eigenvalue weighted by Crippen LogP contribution is 2.24. The fourth-order valence-corrected chi connectivity index (χ4v) is 2.03. The largest absolute Gasteiger partial charge is 0.497 e. The fourth-order valence-electron chi connectivity index (χ4n) is 2.03. The molecule has 0 saturated carbocycles. The van der Waals surface area contributed by atoms with Crippen LogP contribution >= 0.6 is 0 Å². The molecule has 0 amide bonds. The smallest absolute Gasteiger partial charge is 0.274 e. The third-order valence-corrected chi connectivity index (χ3v) is 3.14. The molecule has 0 aliphatic rings. The second-order valence-corrected chi connectivity index (χ2v) is 4.56. The lowest BCUT2D eigenvalue weighted by atomic mass is 10.1. The normalized spacial score (nSPS) is 10.2. The lowest BCUT2D eigenvalue weighted by Crippen LogP contribution is -2.05. The van der Waals surface area contributed by atoms with Crippen LogP contribution in [0.2, 0.25) is 0 Å². The number of nitro groups is 1. The van der Waals surface area contributed by atoms with E-state index in [0.717, 1.165) is 23.1 Å². The predicted octanol–water partition coefficient (Wildman–Crippen LogP) is 3.66. The molecule has 0 aliphatic carbocycles. The van der Waals surface area contributed by atoms with Gasteiger partial charge in [0.1, 0.15) is 11.6 Å². The zero-order valence-corrected chi connectivity index (χ0v) is 11.7. The summed E-state index contributed by atoms with van der Waals surface area (Å²) in [5, 5.41) is 14.0. The Balaban J connectivity index is 2.20. The molecule has 0 bridgehead atoms. The van der Waals surface area contributed by atoms with Crippen molar-refractivity contribution >= 4 is 11.4 Å². The van der Waals surface area contributed by atoms with E-state index in [0.29, 0.717) is 5.56 Å². The highest BCUT2D eigenvalue weighted by molar-refractivity contribution is 5.54. The summed E-state index contributed by atoms with van der Waals surface area (Å²) in [6, 6.07) is 8.88.